The lowest BCUT2D eigenvalue weighted by atomic mass is 10.2. The van der Waals surface area contributed by atoms with Crippen LogP contribution in [-0.2, 0) is 16.6 Å². The number of benzene rings is 2. The van der Waals surface area contributed by atoms with Gasteiger partial charge in [0.05, 0.1) is 9.82 Å². The summed E-state index contributed by atoms with van der Waals surface area (Å²) >= 11 is 0. The second kappa shape index (κ2) is 7.37. The molecule has 0 radical (unpaired) electrons. The number of nitro benzene ring substituents is 1. The van der Waals surface area contributed by atoms with Crippen LogP contribution < -0.4 is 4.72 Å². The molecule has 0 aliphatic heterocycles. The van der Waals surface area contributed by atoms with Crippen LogP contribution in [0.25, 0.3) is 10.9 Å². The van der Waals surface area contributed by atoms with Crippen molar-refractivity contribution in [1.82, 2.24) is 9.47 Å². The predicted molar refractivity (Wildman–Crippen MR) is 104 cm³/mol. The maximum atomic E-state index is 12.5. The van der Waals surface area contributed by atoms with Gasteiger partial charge in [-0.1, -0.05) is 0 Å². The van der Waals surface area contributed by atoms with E-state index in [1.165, 1.54) is 24.3 Å². The number of nitrogens with zero attached hydrogens (tertiary/aromatic N) is 3. The summed E-state index contributed by atoms with van der Waals surface area (Å²) in [5, 5.41) is 11.6. The van der Waals surface area contributed by atoms with E-state index in [0.717, 1.165) is 24.0 Å². The first-order chi connectivity index (χ1) is 12.8. The Balaban J connectivity index is 1.82. The normalized spacial score (nSPS) is 11.8. The fraction of sp³-hybridized carbons (Fsp3) is 0.222. The fourth-order valence-electron chi connectivity index (χ4n) is 2.73. The number of hydrogen-bond donors (Lipinski definition) is 1. The van der Waals surface area contributed by atoms with Gasteiger partial charge < -0.3 is 9.47 Å². The minimum atomic E-state index is -3.83. The Kier molecular flexibility index (Phi) is 5.15. The first-order valence-corrected chi connectivity index (χ1v) is 9.75. The molecule has 0 amide bonds. The van der Waals surface area contributed by atoms with Gasteiger partial charge in [-0.3, -0.25) is 14.8 Å². The van der Waals surface area contributed by atoms with Crippen LogP contribution in [0, 0.1) is 10.1 Å². The number of hydrogen-bond acceptors (Lipinski definition) is 5. The van der Waals surface area contributed by atoms with E-state index in [1.807, 2.05) is 32.4 Å². The van der Waals surface area contributed by atoms with Crippen molar-refractivity contribution in [3.63, 3.8) is 0 Å². The minimum absolute atomic E-state index is 0.0308. The zero-order valence-electron chi connectivity index (χ0n) is 15.0. The molecule has 1 aromatic heterocycles. The molecule has 0 saturated carbocycles. The predicted octanol–water partition coefficient (Wildman–Crippen LogP) is 2.91. The van der Waals surface area contributed by atoms with Gasteiger partial charge in [0.25, 0.3) is 15.7 Å². The molecule has 0 bridgehead atoms. The molecule has 0 aliphatic rings. The van der Waals surface area contributed by atoms with Gasteiger partial charge in [0.1, 0.15) is 0 Å². The quantitative estimate of drug-likeness (QED) is 0.496. The van der Waals surface area contributed by atoms with Crippen LogP contribution >= 0.6 is 0 Å². The number of rotatable bonds is 7. The minimum Gasteiger partial charge on any atom is -0.346 e. The molecule has 0 fully saturated rings. The fourth-order valence-corrected chi connectivity index (χ4v) is 3.78. The van der Waals surface area contributed by atoms with Gasteiger partial charge in [-0.05, 0) is 50.5 Å². The monoisotopic (exact) mass is 388 g/mol. The first-order valence-electron chi connectivity index (χ1n) is 8.27. The van der Waals surface area contributed by atoms with E-state index in [2.05, 4.69) is 14.2 Å². The van der Waals surface area contributed by atoms with Gasteiger partial charge in [0.15, 0.2) is 0 Å². The summed E-state index contributed by atoms with van der Waals surface area (Å²) in [6.45, 7) is 1.74. The molecule has 8 nitrogen and oxygen atoms in total. The highest BCUT2D eigenvalue weighted by Gasteiger charge is 2.16. The van der Waals surface area contributed by atoms with Crippen molar-refractivity contribution < 1.29 is 13.3 Å². The lowest BCUT2D eigenvalue weighted by molar-refractivity contribution is -0.384. The van der Waals surface area contributed by atoms with E-state index in [9.17, 15) is 18.5 Å². The smallest absolute Gasteiger partial charge is 0.269 e. The molecule has 2 aromatic carbocycles. The van der Waals surface area contributed by atoms with Crippen LogP contribution in [0.1, 0.15) is 0 Å². The molecule has 1 N–H and O–H groups in total. The number of nitro groups is 1. The van der Waals surface area contributed by atoms with E-state index in [0.29, 0.717) is 5.69 Å². The van der Waals surface area contributed by atoms with Crippen molar-refractivity contribution >= 4 is 32.3 Å². The van der Waals surface area contributed by atoms with Gasteiger partial charge in [-0.25, -0.2) is 8.42 Å². The third-order valence-electron chi connectivity index (χ3n) is 4.17. The van der Waals surface area contributed by atoms with E-state index < -0.39 is 14.9 Å². The van der Waals surface area contributed by atoms with Crippen molar-refractivity contribution in [1.29, 1.82) is 0 Å². The van der Waals surface area contributed by atoms with Gasteiger partial charge in [0.2, 0.25) is 0 Å². The molecule has 0 spiro atoms. The maximum Gasteiger partial charge on any atom is 0.269 e. The third kappa shape index (κ3) is 4.26. The number of anilines is 1. The topological polar surface area (TPSA) is 97.5 Å². The van der Waals surface area contributed by atoms with Crippen LogP contribution in [-0.4, -0.2) is 43.4 Å². The molecule has 0 atom stereocenters. The molecule has 0 saturated heterocycles. The highest BCUT2D eigenvalue weighted by molar-refractivity contribution is 7.92. The van der Waals surface area contributed by atoms with Gasteiger partial charge >= 0.3 is 0 Å². The Hall–Kier alpha value is -2.91. The third-order valence-corrected chi connectivity index (χ3v) is 5.57. The van der Waals surface area contributed by atoms with Crippen LogP contribution in [0.2, 0.25) is 0 Å². The lowest BCUT2D eigenvalue weighted by Crippen LogP contribution is -2.17. The molecule has 142 valence electrons. The number of fused-ring (bicyclic) bond motifs is 1. The number of likely N-dealkylation sites (N-methyl/N-ethyl adjacent to an activating group) is 1. The molecule has 0 aliphatic carbocycles. The van der Waals surface area contributed by atoms with Gasteiger partial charge in [0, 0.05) is 48.0 Å². The molecule has 9 heteroatoms. The van der Waals surface area contributed by atoms with Crippen LogP contribution in [0.5, 0.6) is 0 Å². The van der Waals surface area contributed by atoms with Crippen molar-refractivity contribution in [3.05, 3.63) is 64.8 Å². The van der Waals surface area contributed by atoms with E-state index in [-0.39, 0.29) is 10.6 Å². The highest BCUT2D eigenvalue weighted by atomic mass is 32.2. The number of nitrogens with one attached hydrogen (secondary N) is 1. The van der Waals surface area contributed by atoms with Gasteiger partial charge in [-0.15, -0.1) is 0 Å². The largest absolute Gasteiger partial charge is 0.346 e. The number of aromatic nitrogens is 1. The molecular formula is C18H20N4O4S. The Morgan fingerprint density at radius 1 is 1.11 bits per heavy atom. The summed E-state index contributed by atoms with van der Waals surface area (Å²) in [7, 11) is 0.196. The summed E-state index contributed by atoms with van der Waals surface area (Å²) in [5.41, 5.74) is 1.30. The van der Waals surface area contributed by atoms with Crippen LogP contribution in [0.15, 0.2) is 59.6 Å². The van der Waals surface area contributed by atoms with Crippen LogP contribution in [0.3, 0.4) is 0 Å². The first kappa shape index (κ1) is 18.9. The zero-order chi connectivity index (χ0) is 19.6. The summed E-state index contributed by atoms with van der Waals surface area (Å²) in [5.74, 6) is 0. The van der Waals surface area contributed by atoms with Crippen molar-refractivity contribution in [3.8, 4) is 0 Å². The molecule has 0 unspecified atom stereocenters. The van der Waals surface area contributed by atoms with Gasteiger partial charge in [-0.2, -0.15) is 0 Å². The average molecular weight is 388 g/mol. The number of sulfonamides is 1. The Morgan fingerprint density at radius 2 is 1.81 bits per heavy atom. The summed E-state index contributed by atoms with van der Waals surface area (Å²) in [6, 6.07) is 12.1. The summed E-state index contributed by atoms with van der Waals surface area (Å²) in [4.78, 5) is 12.2. The molecule has 27 heavy (non-hydrogen) atoms. The Labute approximate surface area is 157 Å². The second-order valence-corrected chi connectivity index (χ2v) is 8.12. The second-order valence-electron chi connectivity index (χ2n) is 6.44. The molecule has 1 heterocycles. The van der Waals surface area contributed by atoms with Crippen molar-refractivity contribution in [2.75, 3.05) is 25.4 Å². The van der Waals surface area contributed by atoms with E-state index in [4.69, 9.17) is 0 Å². The average Bonchev–Trinajstić information content (AvgIpc) is 3.02. The Bertz CT molecular complexity index is 1070. The highest BCUT2D eigenvalue weighted by Crippen LogP contribution is 2.24. The summed E-state index contributed by atoms with van der Waals surface area (Å²) in [6.07, 6.45) is 1.97. The zero-order valence-corrected chi connectivity index (χ0v) is 15.8. The van der Waals surface area contributed by atoms with E-state index >= 15 is 0 Å². The van der Waals surface area contributed by atoms with Crippen LogP contribution in [0.4, 0.5) is 11.4 Å². The van der Waals surface area contributed by atoms with E-state index in [1.54, 1.807) is 12.1 Å². The number of non-ortho nitro benzene ring substituents is 1. The molecular weight excluding hydrogens is 368 g/mol. The molecule has 3 aromatic rings. The van der Waals surface area contributed by atoms with Crippen molar-refractivity contribution in [2.24, 2.45) is 0 Å². The standard InChI is InChI=1S/C18H20N4O4S/c1-20(2)11-12-21-10-9-14-13-15(3-8-18(14)21)19-27(25,26)17-6-4-16(5-7-17)22(23)24/h3-10,13,19H,11-12H2,1-2H3. The maximum absolute atomic E-state index is 12.5. The summed E-state index contributed by atoms with van der Waals surface area (Å²) < 4.78 is 29.7. The SMILES string of the molecule is CN(C)CCn1ccc2cc(NS(=O)(=O)c3ccc([N+](=O)[O-])cc3)ccc21. The Morgan fingerprint density at radius 3 is 2.44 bits per heavy atom. The lowest BCUT2D eigenvalue weighted by Gasteiger charge is -2.12. The molecule has 3 rings (SSSR count). The van der Waals surface area contributed by atoms with Crippen molar-refractivity contribution in [2.45, 2.75) is 11.4 Å².